The van der Waals surface area contributed by atoms with Crippen LogP contribution in [0.4, 0.5) is 4.79 Å². The smallest absolute Gasteiger partial charge is 0.317 e. The van der Waals surface area contributed by atoms with Gasteiger partial charge in [0.2, 0.25) is 0 Å². The summed E-state index contributed by atoms with van der Waals surface area (Å²) in [7, 11) is 1.78. The highest BCUT2D eigenvalue weighted by molar-refractivity contribution is 5.73. The van der Waals surface area contributed by atoms with Crippen molar-refractivity contribution in [2.75, 3.05) is 26.7 Å². The van der Waals surface area contributed by atoms with Crippen LogP contribution in [0.25, 0.3) is 0 Å². The molecule has 17 heavy (non-hydrogen) atoms. The average molecular weight is 243 g/mol. The Labute approximate surface area is 104 Å². The summed E-state index contributed by atoms with van der Waals surface area (Å²) in [5.74, 6) is 0. The topological polar surface area (TPSA) is 67.6 Å². The minimum Gasteiger partial charge on any atom is -0.376 e. The third-order valence-electron chi connectivity index (χ3n) is 3.27. The molecule has 0 atom stereocenters. The molecule has 1 aliphatic rings. The van der Waals surface area contributed by atoms with Crippen molar-refractivity contribution >= 4 is 6.03 Å². The lowest BCUT2D eigenvalue weighted by atomic mass is 9.94. The fourth-order valence-electron chi connectivity index (χ4n) is 1.92. The van der Waals surface area contributed by atoms with Gasteiger partial charge in [0.25, 0.3) is 0 Å². The normalized spacial score (nSPS) is 24.4. The first-order valence-electron chi connectivity index (χ1n) is 6.49. The van der Waals surface area contributed by atoms with Crippen LogP contribution in [0.2, 0.25) is 0 Å². The quantitative estimate of drug-likeness (QED) is 0.706. The van der Waals surface area contributed by atoms with Gasteiger partial charge in [-0.15, -0.1) is 0 Å². The number of nitrogens with two attached hydrogens (primary N) is 1. The molecule has 0 aromatic rings. The van der Waals surface area contributed by atoms with Gasteiger partial charge in [-0.2, -0.15) is 0 Å². The summed E-state index contributed by atoms with van der Waals surface area (Å²) in [6, 6.07) is 0.314. The van der Waals surface area contributed by atoms with E-state index in [4.69, 9.17) is 10.5 Å². The molecule has 0 unspecified atom stereocenters. The number of hydrogen-bond donors (Lipinski definition) is 2. The van der Waals surface area contributed by atoms with Crippen LogP contribution in [-0.4, -0.2) is 49.8 Å². The fourth-order valence-corrected chi connectivity index (χ4v) is 1.92. The third-order valence-corrected chi connectivity index (χ3v) is 3.27. The van der Waals surface area contributed by atoms with E-state index in [0.29, 0.717) is 31.8 Å². The Bertz CT molecular complexity index is 228. The molecule has 0 heterocycles. The highest BCUT2D eigenvalue weighted by Gasteiger charge is 2.18. The summed E-state index contributed by atoms with van der Waals surface area (Å²) in [5.41, 5.74) is 5.82. The predicted molar refractivity (Wildman–Crippen MR) is 67.9 cm³/mol. The maximum atomic E-state index is 11.4. The second-order valence-electron chi connectivity index (χ2n) is 4.65. The lowest BCUT2D eigenvalue weighted by molar-refractivity contribution is 0.0275. The summed E-state index contributed by atoms with van der Waals surface area (Å²) >= 11 is 0. The van der Waals surface area contributed by atoms with Gasteiger partial charge < -0.3 is 20.7 Å². The molecule has 0 bridgehead atoms. The Hall–Kier alpha value is -0.810. The fraction of sp³-hybridized carbons (Fsp3) is 0.917. The molecule has 0 spiro atoms. The average Bonchev–Trinajstić information content (AvgIpc) is 2.35. The highest BCUT2D eigenvalue weighted by atomic mass is 16.5. The number of nitrogens with zero attached hydrogens (tertiary/aromatic N) is 1. The molecule has 3 N–H and O–H groups in total. The number of amides is 2. The summed E-state index contributed by atoms with van der Waals surface area (Å²) in [4.78, 5) is 13.0. The number of ether oxygens (including phenoxy) is 1. The first-order valence-corrected chi connectivity index (χ1v) is 6.49. The molecule has 100 valence electrons. The molecule has 0 saturated heterocycles. The van der Waals surface area contributed by atoms with Crippen LogP contribution in [0, 0.1) is 0 Å². The van der Waals surface area contributed by atoms with Crippen LogP contribution in [-0.2, 0) is 4.74 Å². The SMILES string of the molecule is CCN(C)C(=O)NCCOC1CCC(N)CC1. The van der Waals surface area contributed by atoms with Gasteiger partial charge in [0.05, 0.1) is 12.7 Å². The van der Waals surface area contributed by atoms with E-state index >= 15 is 0 Å². The number of carbonyl (C=O) groups excluding carboxylic acids is 1. The van der Waals surface area contributed by atoms with E-state index in [1.807, 2.05) is 6.92 Å². The third kappa shape index (κ3) is 5.37. The van der Waals surface area contributed by atoms with Gasteiger partial charge in [-0.25, -0.2) is 4.79 Å². The Morgan fingerprint density at radius 2 is 2.06 bits per heavy atom. The van der Waals surface area contributed by atoms with E-state index in [1.54, 1.807) is 11.9 Å². The number of hydrogen-bond acceptors (Lipinski definition) is 3. The van der Waals surface area contributed by atoms with Crippen LogP contribution in [0.15, 0.2) is 0 Å². The molecule has 0 aromatic carbocycles. The van der Waals surface area contributed by atoms with Gasteiger partial charge in [-0.3, -0.25) is 0 Å². The van der Waals surface area contributed by atoms with Crippen molar-refractivity contribution in [2.45, 2.75) is 44.8 Å². The van der Waals surface area contributed by atoms with E-state index in [9.17, 15) is 4.79 Å². The summed E-state index contributed by atoms with van der Waals surface area (Å²) in [5, 5.41) is 2.82. The van der Waals surface area contributed by atoms with E-state index in [-0.39, 0.29) is 6.03 Å². The zero-order chi connectivity index (χ0) is 12.7. The van der Waals surface area contributed by atoms with Crippen LogP contribution in [0.3, 0.4) is 0 Å². The maximum absolute atomic E-state index is 11.4. The molecule has 5 nitrogen and oxygen atoms in total. The first-order chi connectivity index (χ1) is 8.13. The lowest BCUT2D eigenvalue weighted by Crippen LogP contribution is -2.39. The lowest BCUT2D eigenvalue weighted by Gasteiger charge is -2.26. The van der Waals surface area contributed by atoms with Crippen LogP contribution in [0.5, 0.6) is 0 Å². The molecule has 0 aliphatic heterocycles. The molecular formula is C12H25N3O2. The number of rotatable bonds is 5. The Kier molecular flexibility index (Phi) is 6.29. The van der Waals surface area contributed by atoms with Crippen molar-refractivity contribution in [2.24, 2.45) is 5.73 Å². The number of urea groups is 1. The molecular weight excluding hydrogens is 218 g/mol. The van der Waals surface area contributed by atoms with Crippen molar-refractivity contribution in [3.63, 3.8) is 0 Å². The Balaban J connectivity index is 2.02. The second kappa shape index (κ2) is 7.50. The van der Waals surface area contributed by atoms with Crippen LogP contribution < -0.4 is 11.1 Å². The number of nitrogens with one attached hydrogen (secondary N) is 1. The largest absolute Gasteiger partial charge is 0.376 e. The zero-order valence-corrected chi connectivity index (χ0v) is 10.9. The Morgan fingerprint density at radius 3 is 2.65 bits per heavy atom. The molecule has 1 aliphatic carbocycles. The summed E-state index contributed by atoms with van der Waals surface area (Å²) in [6.45, 7) is 3.82. The van der Waals surface area contributed by atoms with Crippen molar-refractivity contribution in [1.82, 2.24) is 10.2 Å². The molecule has 5 heteroatoms. The summed E-state index contributed by atoms with van der Waals surface area (Å²) in [6.07, 6.45) is 4.52. The van der Waals surface area contributed by atoms with E-state index < -0.39 is 0 Å². The van der Waals surface area contributed by atoms with E-state index in [1.165, 1.54) is 0 Å². The van der Waals surface area contributed by atoms with Crippen molar-refractivity contribution in [3.8, 4) is 0 Å². The molecule has 0 aromatic heterocycles. The van der Waals surface area contributed by atoms with Crippen molar-refractivity contribution in [3.05, 3.63) is 0 Å². The number of carbonyl (C=O) groups is 1. The molecule has 1 saturated carbocycles. The maximum Gasteiger partial charge on any atom is 0.317 e. The van der Waals surface area contributed by atoms with Gasteiger partial charge in [-0.1, -0.05) is 0 Å². The monoisotopic (exact) mass is 243 g/mol. The molecule has 0 radical (unpaired) electrons. The van der Waals surface area contributed by atoms with Gasteiger partial charge in [0.15, 0.2) is 0 Å². The van der Waals surface area contributed by atoms with Gasteiger partial charge in [0.1, 0.15) is 0 Å². The summed E-state index contributed by atoms with van der Waals surface area (Å²) < 4.78 is 5.71. The molecule has 1 rings (SSSR count). The van der Waals surface area contributed by atoms with Gasteiger partial charge in [-0.05, 0) is 32.6 Å². The molecule has 2 amide bonds. The standard InChI is InChI=1S/C12H25N3O2/c1-3-15(2)12(16)14-8-9-17-11-6-4-10(13)5-7-11/h10-11H,3-9,13H2,1-2H3,(H,14,16). The van der Waals surface area contributed by atoms with Crippen LogP contribution >= 0.6 is 0 Å². The second-order valence-corrected chi connectivity index (χ2v) is 4.65. The Morgan fingerprint density at radius 1 is 1.41 bits per heavy atom. The van der Waals surface area contributed by atoms with Gasteiger partial charge in [0, 0.05) is 26.2 Å². The van der Waals surface area contributed by atoms with E-state index in [0.717, 1.165) is 25.7 Å². The highest BCUT2D eigenvalue weighted by Crippen LogP contribution is 2.19. The minimum atomic E-state index is -0.0400. The van der Waals surface area contributed by atoms with Crippen molar-refractivity contribution < 1.29 is 9.53 Å². The van der Waals surface area contributed by atoms with Gasteiger partial charge >= 0.3 is 6.03 Å². The van der Waals surface area contributed by atoms with Crippen LogP contribution in [0.1, 0.15) is 32.6 Å². The zero-order valence-electron chi connectivity index (χ0n) is 10.9. The van der Waals surface area contributed by atoms with E-state index in [2.05, 4.69) is 5.32 Å². The molecule has 1 fully saturated rings. The predicted octanol–water partition coefficient (Wildman–Crippen LogP) is 0.934. The first kappa shape index (κ1) is 14.3. The minimum absolute atomic E-state index is 0.0400. The van der Waals surface area contributed by atoms with Crippen molar-refractivity contribution in [1.29, 1.82) is 0 Å².